The van der Waals surface area contributed by atoms with E-state index >= 15 is 0 Å². The van der Waals surface area contributed by atoms with Crippen molar-refractivity contribution in [2.24, 2.45) is 5.73 Å². The van der Waals surface area contributed by atoms with Crippen LogP contribution >= 0.6 is 0 Å². The fraction of sp³-hybridized carbons (Fsp3) is 0.250. The van der Waals surface area contributed by atoms with Gasteiger partial charge in [0.15, 0.2) is 11.5 Å². The summed E-state index contributed by atoms with van der Waals surface area (Å²) in [5.74, 6) is -0.179. The van der Waals surface area contributed by atoms with E-state index in [0.717, 1.165) is 5.56 Å². The van der Waals surface area contributed by atoms with E-state index in [9.17, 15) is 0 Å². The van der Waals surface area contributed by atoms with Gasteiger partial charge in [0.2, 0.25) is 0 Å². The smallest absolute Gasteiger partial charge is 0.157 e. The average Bonchev–Trinajstić information content (AvgIpc) is 1.98. The SMILES string of the molecule is NCCc1ccc(O)c(O)c1.[Cu]. The Hall–Kier alpha value is -0.701. The third-order valence-electron chi connectivity index (χ3n) is 1.47. The molecule has 0 fully saturated rings. The maximum Gasteiger partial charge on any atom is 0.157 e. The number of hydrogen-bond donors (Lipinski definition) is 3. The summed E-state index contributed by atoms with van der Waals surface area (Å²) in [4.78, 5) is 0. The van der Waals surface area contributed by atoms with Crippen molar-refractivity contribution in [2.45, 2.75) is 6.42 Å². The van der Waals surface area contributed by atoms with Crippen LogP contribution in [0.3, 0.4) is 0 Å². The molecule has 0 aliphatic carbocycles. The van der Waals surface area contributed by atoms with Gasteiger partial charge in [-0.05, 0) is 30.7 Å². The summed E-state index contributed by atoms with van der Waals surface area (Å²) in [7, 11) is 0. The molecule has 1 rings (SSSR count). The zero-order valence-corrected chi connectivity index (χ0v) is 7.36. The standard InChI is InChI=1S/C8H11NO2.Cu/c9-4-3-6-1-2-7(10)8(11)5-6;/h1-2,5,10-11H,3-4,9H2;. The monoisotopic (exact) mass is 216 g/mol. The van der Waals surface area contributed by atoms with Gasteiger partial charge >= 0.3 is 0 Å². The van der Waals surface area contributed by atoms with E-state index in [1.165, 1.54) is 12.1 Å². The average molecular weight is 217 g/mol. The maximum absolute atomic E-state index is 9.04. The van der Waals surface area contributed by atoms with Crippen LogP contribution in [-0.4, -0.2) is 16.8 Å². The van der Waals surface area contributed by atoms with Crippen molar-refractivity contribution in [3.63, 3.8) is 0 Å². The number of benzene rings is 1. The van der Waals surface area contributed by atoms with E-state index in [1.54, 1.807) is 6.07 Å². The summed E-state index contributed by atoms with van der Waals surface area (Å²) < 4.78 is 0. The molecule has 1 aromatic rings. The third-order valence-corrected chi connectivity index (χ3v) is 1.47. The number of hydrogen-bond acceptors (Lipinski definition) is 3. The van der Waals surface area contributed by atoms with E-state index in [2.05, 4.69) is 0 Å². The van der Waals surface area contributed by atoms with Crippen molar-refractivity contribution in [3.8, 4) is 11.5 Å². The number of phenols is 2. The molecule has 71 valence electrons. The van der Waals surface area contributed by atoms with Gasteiger partial charge in [-0.1, -0.05) is 6.07 Å². The molecule has 0 atom stereocenters. The number of rotatable bonds is 2. The Morgan fingerprint density at radius 3 is 2.33 bits per heavy atom. The molecule has 1 radical (unpaired) electrons. The van der Waals surface area contributed by atoms with Crippen molar-refractivity contribution in [1.82, 2.24) is 0 Å². The van der Waals surface area contributed by atoms with Crippen molar-refractivity contribution in [1.29, 1.82) is 0 Å². The fourth-order valence-electron chi connectivity index (χ4n) is 0.891. The maximum atomic E-state index is 9.04. The molecule has 1 aromatic carbocycles. The zero-order chi connectivity index (χ0) is 8.27. The molecule has 0 saturated carbocycles. The van der Waals surface area contributed by atoms with Gasteiger partial charge in [-0.15, -0.1) is 0 Å². The van der Waals surface area contributed by atoms with Crippen LogP contribution in [0.25, 0.3) is 0 Å². The van der Waals surface area contributed by atoms with Gasteiger partial charge in [0.05, 0.1) is 0 Å². The Balaban J connectivity index is 0.00000121. The fourth-order valence-corrected chi connectivity index (χ4v) is 0.891. The quantitative estimate of drug-likeness (QED) is 0.501. The van der Waals surface area contributed by atoms with Crippen LogP contribution < -0.4 is 5.73 Å². The molecule has 0 saturated heterocycles. The van der Waals surface area contributed by atoms with Crippen LogP contribution in [-0.2, 0) is 23.5 Å². The molecule has 0 aliphatic heterocycles. The first-order valence-electron chi connectivity index (χ1n) is 3.45. The second-order valence-electron chi connectivity index (χ2n) is 2.36. The van der Waals surface area contributed by atoms with E-state index in [1.807, 2.05) is 0 Å². The summed E-state index contributed by atoms with van der Waals surface area (Å²) in [5.41, 5.74) is 6.24. The van der Waals surface area contributed by atoms with Gasteiger partial charge in [0, 0.05) is 17.1 Å². The van der Waals surface area contributed by atoms with Crippen LogP contribution in [0.2, 0.25) is 0 Å². The van der Waals surface area contributed by atoms with Gasteiger partial charge in [-0.3, -0.25) is 0 Å². The van der Waals surface area contributed by atoms with E-state index in [4.69, 9.17) is 15.9 Å². The first kappa shape index (κ1) is 11.3. The topological polar surface area (TPSA) is 66.5 Å². The summed E-state index contributed by atoms with van der Waals surface area (Å²) in [6.07, 6.45) is 0.716. The molecule has 0 unspecified atom stereocenters. The minimum Gasteiger partial charge on any atom is -0.504 e. The summed E-state index contributed by atoms with van der Waals surface area (Å²) in [5, 5.41) is 18.0. The third kappa shape index (κ3) is 2.74. The van der Waals surface area contributed by atoms with E-state index < -0.39 is 0 Å². The van der Waals surface area contributed by atoms with Gasteiger partial charge in [0.1, 0.15) is 0 Å². The van der Waals surface area contributed by atoms with Gasteiger partial charge in [0.25, 0.3) is 0 Å². The van der Waals surface area contributed by atoms with Gasteiger partial charge in [-0.25, -0.2) is 0 Å². The molecule has 4 heteroatoms. The predicted molar refractivity (Wildman–Crippen MR) is 42.5 cm³/mol. The van der Waals surface area contributed by atoms with Gasteiger partial charge < -0.3 is 15.9 Å². The number of nitrogens with two attached hydrogens (primary N) is 1. The van der Waals surface area contributed by atoms with Gasteiger partial charge in [-0.2, -0.15) is 0 Å². The first-order valence-corrected chi connectivity index (χ1v) is 3.45. The Labute approximate surface area is 81.7 Å². The Kier molecular flexibility index (Phi) is 4.74. The van der Waals surface area contributed by atoms with Crippen LogP contribution in [0.5, 0.6) is 11.5 Å². The summed E-state index contributed by atoms with van der Waals surface area (Å²) in [6.45, 7) is 0.546. The summed E-state index contributed by atoms with van der Waals surface area (Å²) in [6, 6.07) is 4.71. The predicted octanol–water partition coefficient (Wildman–Crippen LogP) is 0.596. The van der Waals surface area contributed by atoms with Crippen molar-refractivity contribution < 1.29 is 27.3 Å². The number of aromatic hydroxyl groups is 2. The molecule has 0 heterocycles. The summed E-state index contributed by atoms with van der Waals surface area (Å²) >= 11 is 0. The normalized spacial score (nSPS) is 9.08. The molecular weight excluding hydrogens is 206 g/mol. The molecule has 0 bridgehead atoms. The van der Waals surface area contributed by atoms with Crippen LogP contribution in [0.4, 0.5) is 0 Å². The molecule has 0 amide bonds. The van der Waals surface area contributed by atoms with E-state index in [-0.39, 0.29) is 28.6 Å². The minimum absolute atomic E-state index is 0. The molecular formula is C8H11CuNO2. The van der Waals surface area contributed by atoms with Crippen molar-refractivity contribution >= 4 is 0 Å². The Morgan fingerprint density at radius 1 is 1.17 bits per heavy atom. The van der Waals surface area contributed by atoms with Crippen LogP contribution in [0.15, 0.2) is 18.2 Å². The number of phenolic OH excluding ortho intramolecular Hbond substituents is 2. The second-order valence-corrected chi connectivity index (χ2v) is 2.36. The zero-order valence-electron chi connectivity index (χ0n) is 6.42. The second kappa shape index (κ2) is 5.04. The largest absolute Gasteiger partial charge is 0.504 e. The minimum atomic E-state index is -0.0919. The van der Waals surface area contributed by atoms with Crippen molar-refractivity contribution in [3.05, 3.63) is 23.8 Å². The molecule has 12 heavy (non-hydrogen) atoms. The molecule has 0 aromatic heterocycles. The van der Waals surface area contributed by atoms with Crippen LogP contribution in [0, 0.1) is 0 Å². The Morgan fingerprint density at radius 2 is 1.83 bits per heavy atom. The molecule has 4 N–H and O–H groups in total. The molecule has 0 aliphatic rings. The molecule has 3 nitrogen and oxygen atoms in total. The van der Waals surface area contributed by atoms with Crippen molar-refractivity contribution in [2.75, 3.05) is 6.54 Å². The molecule has 0 spiro atoms. The van der Waals surface area contributed by atoms with E-state index in [0.29, 0.717) is 13.0 Å². The van der Waals surface area contributed by atoms with Crippen LogP contribution in [0.1, 0.15) is 5.56 Å². The first-order chi connectivity index (χ1) is 5.24. The Bertz CT molecular complexity index is 253.